The van der Waals surface area contributed by atoms with E-state index in [-0.39, 0.29) is 11.6 Å². The lowest BCUT2D eigenvalue weighted by atomic mass is 10.2. The minimum absolute atomic E-state index is 0.249. The quantitative estimate of drug-likeness (QED) is 0.760. The van der Waals surface area contributed by atoms with Gasteiger partial charge in [0.05, 0.1) is 19.9 Å². The van der Waals surface area contributed by atoms with Gasteiger partial charge in [-0.1, -0.05) is 6.08 Å². The van der Waals surface area contributed by atoms with Crippen molar-refractivity contribution in [3.63, 3.8) is 0 Å². The van der Waals surface area contributed by atoms with Gasteiger partial charge >= 0.3 is 0 Å². The zero-order valence-electron chi connectivity index (χ0n) is 13.9. The number of rotatable bonds is 7. The SMILES string of the molecule is C=CCNc1nc(C)cc(C(=O)Nc2cc(OC)ccc2OC)n1. The van der Waals surface area contributed by atoms with Gasteiger partial charge in [-0.2, -0.15) is 0 Å². The average molecular weight is 328 g/mol. The summed E-state index contributed by atoms with van der Waals surface area (Å²) in [5.74, 6) is 1.14. The maximum Gasteiger partial charge on any atom is 0.274 e. The molecule has 0 spiro atoms. The van der Waals surface area contributed by atoms with Crippen LogP contribution in [0.25, 0.3) is 0 Å². The fourth-order valence-electron chi connectivity index (χ4n) is 2.03. The third kappa shape index (κ3) is 4.22. The fourth-order valence-corrected chi connectivity index (χ4v) is 2.03. The van der Waals surface area contributed by atoms with Crippen LogP contribution in [0.2, 0.25) is 0 Å². The van der Waals surface area contributed by atoms with Crippen LogP contribution in [-0.2, 0) is 0 Å². The first kappa shape index (κ1) is 17.3. The van der Waals surface area contributed by atoms with Gasteiger partial charge in [-0.3, -0.25) is 4.79 Å². The molecule has 126 valence electrons. The zero-order chi connectivity index (χ0) is 17.5. The van der Waals surface area contributed by atoms with E-state index in [1.807, 2.05) is 0 Å². The summed E-state index contributed by atoms with van der Waals surface area (Å²) in [5, 5.41) is 5.75. The van der Waals surface area contributed by atoms with Crippen LogP contribution in [0.5, 0.6) is 11.5 Å². The van der Waals surface area contributed by atoms with Crippen molar-refractivity contribution in [3.05, 3.63) is 48.3 Å². The molecule has 0 aliphatic carbocycles. The molecular weight excluding hydrogens is 308 g/mol. The minimum Gasteiger partial charge on any atom is -0.497 e. The molecule has 0 atom stereocenters. The standard InChI is InChI=1S/C17H20N4O3/c1-5-8-18-17-19-11(2)9-14(21-17)16(22)20-13-10-12(23-3)6-7-15(13)24-4/h5-7,9-10H,1,8H2,2-4H3,(H,20,22)(H,18,19,21). The molecule has 1 heterocycles. The molecule has 0 radical (unpaired) electrons. The van der Waals surface area contributed by atoms with Crippen molar-refractivity contribution in [1.82, 2.24) is 9.97 Å². The maximum atomic E-state index is 12.5. The summed E-state index contributed by atoms with van der Waals surface area (Å²) < 4.78 is 10.4. The predicted octanol–water partition coefficient (Wildman–Crippen LogP) is 2.65. The second-order valence-electron chi connectivity index (χ2n) is 4.91. The number of ether oxygens (including phenoxy) is 2. The number of nitrogens with zero attached hydrogens (tertiary/aromatic N) is 2. The van der Waals surface area contributed by atoms with Gasteiger partial charge in [0.2, 0.25) is 5.95 Å². The lowest BCUT2D eigenvalue weighted by Gasteiger charge is -2.12. The lowest BCUT2D eigenvalue weighted by Crippen LogP contribution is -2.16. The number of amides is 1. The highest BCUT2D eigenvalue weighted by Gasteiger charge is 2.14. The van der Waals surface area contributed by atoms with Crippen molar-refractivity contribution in [1.29, 1.82) is 0 Å². The molecule has 1 aromatic carbocycles. The highest BCUT2D eigenvalue weighted by atomic mass is 16.5. The molecule has 0 aliphatic heterocycles. The molecule has 0 saturated carbocycles. The Morgan fingerprint density at radius 1 is 1.25 bits per heavy atom. The van der Waals surface area contributed by atoms with Gasteiger partial charge in [-0.15, -0.1) is 6.58 Å². The van der Waals surface area contributed by atoms with Crippen molar-refractivity contribution in [2.24, 2.45) is 0 Å². The number of benzene rings is 1. The Bertz CT molecular complexity index is 747. The van der Waals surface area contributed by atoms with E-state index in [4.69, 9.17) is 9.47 Å². The second-order valence-corrected chi connectivity index (χ2v) is 4.91. The van der Waals surface area contributed by atoms with Gasteiger partial charge in [-0.25, -0.2) is 9.97 Å². The summed E-state index contributed by atoms with van der Waals surface area (Å²) in [5.41, 5.74) is 1.43. The van der Waals surface area contributed by atoms with Crippen LogP contribution in [-0.4, -0.2) is 36.6 Å². The van der Waals surface area contributed by atoms with Gasteiger partial charge in [-0.05, 0) is 25.1 Å². The van der Waals surface area contributed by atoms with Crippen molar-refractivity contribution < 1.29 is 14.3 Å². The first-order chi connectivity index (χ1) is 11.6. The second kappa shape index (κ2) is 7.96. The molecule has 24 heavy (non-hydrogen) atoms. The number of aryl methyl sites for hydroxylation is 1. The number of carbonyl (C=O) groups is 1. The van der Waals surface area contributed by atoms with Gasteiger partial charge < -0.3 is 20.1 Å². The first-order valence-electron chi connectivity index (χ1n) is 7.31. The zero-order valence-corrected chi connectivity index (χ0v) is 13.9. The van der Waals surface area contributed by atoms with Crippen molar-refractivity contribution >= 4 is 17.5 Å². The van der Waals surface area contributed by atoms with Gasteiger partial charge in [0, 0.05) is 18.3 Å². The molecule has 2 N–H and O–H groups in total. The largest absolute Gasteiger partial charge is 0.497 e. The van der Waals surface area contributed by atoms with Gasteiger partial charge in [0.25, 0.3) is 5.91 Å². The monoisotopic (exact) mass is 328 g/mol. The number of anilines is 2. The summed E-state index contributed by atoms with van der Waals surface area (Å²) in [7, 11) is 3.09. The third-order valence-corrected chi connectivity index (χ3v) is 3.15. The summed E-state index contributed by atoms with van der Waals surface area (Å²) >= 11 is 0. The summed E-state index contributed by atoms with van der Waals surface area (Å²) in [4.78, 5) is 21.0. The van der Waals surface area contributed by atoms with Gasteiger partial charge in [0.1, 0.15) is 17.2 Å². The first-order valence-corrected chi connectivity index (χ1v) is 7.31. The van der Waals surface area contributed by atoms with Crippen LogP contribution in [0.1, 0.15) is 16.2 Å². The predicted molar refractivity (Wildman–Crippen MR) is 93.0 cm³/mol. The number of aromatic nitrogens is 2. The van der Waals surface area contributed by atoms with Gasteiger partial charge in [0.15, 0.2) is 0 Å². The Balaban J connectivity index is 2.26. The Kier molecular flexibility index (Phi) is 5.73. The lowest BCUT2D eigenvalue weighted by molar-refractivity contribution is 0.102. The third-order valence-electron chi connectivity index (χ3n) is 3.15. The number of hydrogen-bond acceptors (Lipinski definition) is 6. The van der Waals surface area contributed by atoms with Crippen LogP contribution < -0.4 is 20.1 Å². The summed E-state index contributed by atoms with van der Waals surface area (Å²) in [6.45, 7) is 5.93. The van der Waals surface area contributed by atoms with E-state index >= 15 is 0 Å². The van der Waals surface area contributed by atoms with Crippen LogP contribution in [0.4, 0.5) is 11.6 Å². The van der Waals surface area contributed by atoms with Crippen LogP contribution in [0.15, 0.2) is 36.9 Å². The average Bonchev–Trinajstić information content (AvgIpc) is 2.59. The Morgan fingerprint density at radius 2 is 2.04 bits per heavy atom. The summed E-state index contributed by atoms with van der Waals surface area (Å²) in [6.07, 6.45) is 1.69. The molecule has 7 heteroatoms. The number of methoxy groups -OCH3 is 2. The summed E-state index contributed by atoms with van der Waals surface area (Å²) in [6, 6.07) is 6.76. The molecule has 0 aliphatic rings. The molecule has 0 saturated heterocycles. The van der Waals surface area contributed by atoms with Crippen molar-refractivity contribution in [3.8, 4) is 11.5 Å². The van der Waals surface area contributed by atoms with Crippen LogP contribution >= 0.6 is 0 Å². The molecule has 1 amide bonds. The molecule has 1 aromatic heterocycles. The van der Waals surface area contributed by atoms with E-state index in [2.05, 4.69) is 27.2 Å². The molecule has 2 aromatic rings. The topological polar surface area (TPSA) is 85.4 Å². The molecular formula is C17H20N4O3. The Morgan fingerprint density at radius 3 is 2.71 bits per heavy atom. The highest BCUT2D eigenvalue weighted by Crippen LogP contribution is 2.29. The molecule has 0 fully saturated rings. The highest BCUT2D eigenvalue weighted by molar-refractivity contribution is 6.04. The molecule has 2 rings (SSSR count). The van der Waals surface area contributed by atoms with E-state index in [0.717, 1.165) is 0 Å². The van der Waals surface area contributed by atoms with E-state index in [0.29, 0.717) is 35.4 Å². The molecule has 0 unspecified atom stereocenters. The van der Waals surface area contributed by atoms with E-state index < -0.39 is 0 Å². The van der Waals surface area contributed by atoms with Crippen molar-refractivity contribution in [2.45, 2.75) is 6.92 Å². The van der Waals surface area contributed by atoms with Crippen LogP contribution in [0, 0.1) is 6.92 Å². The number of carbonyl (C=O) groups excluding carboxylic acids is 1. The molecule has 7 nitrogen and oxygen atoms in total. The molecule has 0 bridgehead atoms. The number of hydrogen-bond donors (Lipinski definition) is 2. The number of nitrogens with one attached hydrogen (secondary N) is 2. The van der Waals surface area contributed by atoms with Crippen molar-refractivity contribution in [2.75, 3.05) is 31.4 Å². The van der Waals surface area contributed by atoms with Crippen LogP contribution in [0.3, 0.4) is 0 Å². The Hall–Kier alpha value is -3.09. The minimum atomic E-state index is -0.367. The normalized spacial score (nSPS) is 9.96. The maximum absolute atomic E-state index is 12.5. The Labute approximate surface area is 140 Å². The fraction of sp³-hybridized carbons (Fsp3) is 0.235. The van der Waals surface area contributed by atoms with E-state index in [9.17, 15) is 4.79 Å². The smallest absolute Gasteiger partial charge is 0.274 e. The van der Waals surface area contributed by atoms with E-state index in [1.54, 1.807) is 44.4 Å². The van der Waals surface area contributed by atoms with E-state index in [1.165, 1.54) is 7.11 Å².